The highest BCUT2D eigenvalue weighted by atomic mass is 16.3. The van der Waals surface area contributed by atoms with Crippen LogP contribution >= 0.6 is 0 Å². The van der Waals surface area contributed by atoms with Gasteiger partial charge in [-0.1, -0.05) is 46.2 Å². The minimum atomic E-state index is -0.0860. The summed E-state index contributed by atoms with van der Waals surface area (Å²) in [4.78, 5) is 11.2. The molecule has 0 unspecified atom stereocenters. The van der Waals surface area contributed by atoms with Crippen LogP contribution in [0.15, 0.2) is 12.1 Å². The van der Waals surface area contributed by atoms with Crippen LogP contribution in [0.3, 0.4) is 0 Å². The first-order chi connectivity index (χ1) is 9.25. The van der Waals surface area contributed by atoms with Gasteiger partial charge in [-0.3, -0.25) is 0 Å². The molecule has 2 heteroatoms. The van der Waals surface area contributed by atoms with Gasteiger partial charge in [-0.2, -0.15) is 0 Å². The Kier molecular flexibility index (Phi) is 5.79. The van der Waals surface area contributed by atoms with Crippen molar-refractivity contribution in [2.75, 3.05) is 0 Å². The highest BCUT2D eigenvalue weighted by Gasteiger charge is 2.21. The molecule has 2 nitrogen and oxygen atoms in total. The van der Waals surface area contributed by atoms with Crippen molar-refractivity contribution >= 4 is 5.78 Å². The second-order valence-electron chi connectivity index (χ2n) is 6.71. The number of rotatable bonds is 6. The molecule has 20 heavy (non-hydrogen) atoms. The molecule has 0 amide bonds. The van der Waals surface area contributed by atoms with Crippen molar-refractivity contribution in [1.82, 2.24) is 0 Å². The molecule has 0 aliphatic heterocycles. The van der Waals surface area contributed by atoms with E-state index in [9.17, 15) is 9.90 Å². The van der Waals surface area contributed by atoms with E-state index in [1.165, 1.54) is 0 Å². The van der Waals surface area contributed by atoms with Crippen molar-refractivity contribution < 1.29 is 9.90 Å². The molecule has 0 aliphatic rings. The maximum Gasteiger partial charge on any atom is 0.130 e. The zero-order valence-electron chi connectivity index (χ0n) is 13.5. The summed E-state index contributed by atoms with van der Waals surface area (Å²) in [6, 6.07) is 4.14. The molecule has 1 aromatic rings. The Labute approximate surface area is 123 Å². The Morgan fingerprint density at radius 3 is 2.35 bits per heavy atom. The number of ketones is 1. The van der Waals surface area contributed by atoms with E-state index in [2.05, 4.69) is 39.8 Å². The van der Waals surface area contributed by atoms with Gasteiger partial charge in [-0.05, 0) is 48.3 Å². The normalized spacial score (nSPS) is 11.7. The average molecular weight is 276 g/mol. The van der Waals surface area contributed by atoms with E-state index >= 15 is 0 Å². The van der Waals surface area contributed by atoms with E-state index in [1.54, 1.807) is 6.92 Å². The van der Waals surface area contributed by atoms with Gasteiger partial charge in [0.1, 0.15) is 11.5 Å². The fourth-order valence-corrected chi connectivity index (χ4v) is 2.35. The minimum absolute atomic E-state index is 0.0860. The number of hydrogen-bond acceptors (Lipinski definition) is 2. The van der Waals surface area contributed by atoms with Crippen LogP contribution in [0.25, 0.3) is 0 Å². The van der Waals surface area contributed by atoms with Crippen LogP contribution in [0.4, 0.5) is 0 Å². The number of phenolic OH excluding ortho intramolecular Hbond substituents is 1. The standard InChI is InChI=1S/C18H28O2/c1-6-7-8-15-11-14(10-9-13(2)19)12-16(17(15)20)18(3,4)5/h11-12,20H,6-10H2,1-5H3. The molecular weight excluding hydrogens is 248 g/mol. The molecule has 0 radical (unpaired) electrons. The van der Waals surface area contributed by atoms with Crippen LogP contribution in [0.5, 0.6) is 5.75 Å². The Hall–Kier alpha value is -1.31. The van der Waals surface area contributed by atoms with Crippen molar-refractivity contribution in [2.24, 2.45) is 0 Å². The number of aryl methyl sites for hydroxylation is 2. The third-order valence-corrected chi connectivity index (χ3v) is 3.62. The van der Waals surface area contributed by atoms with Gasteiger partial charge in [-0.15, -0.1) is 0 Å². The summed E-state index contributed by atoms with van der Waals surface area (Å²) in [6.07, 6.45) is 4.42. The van der Waals surface area contributed by atoms with Crippen molar-refractivity contribution in [3.63, 3.8) is 0 Å². The van der Waals surface area contributed by atoms with Gasteiger partial charge in [-0.25, -0.2) is 0 Å². The number of phenols is 1. The third kappa shape index (κ3) is 4.66. The summed E-state index contributed by atoms with van der Waals surface area (Å²) >= 11 is 0. The van der Waals surface area contributed by atoms with Crippen LogP contribution in [0, 0.1) is 0 Å². The number of aromatic hydroxyl groups is 1. The predicted octanol–water partition coefficient (Wildman–Crippen LogP) is 4.55. The van der Waals surface area contributed by atoms with Crippen LogP contribution in [-0.4, -0.2) is 10.9 Å². The van der Waals surface area contributed by atoms with Crippen LogP contribution in [0.2, 0.25) is 0 Å². The van der Waals surface area contributed by atoms with Crippen molar-refractivity contribution in [3.8, 4) is 5.75 Å². The van der Waals surface area contributed by atoms with Gasteiger partial charge >= 0.3 is 0 Å². The van der Waals surface area contributed by atoms with Gasteiger partial charge in [0.15, 0.2) is 0 Å². The van der Waals surface area contributed by atoms with Gasteiger partial charge in [0.2, 0.25) is 0 Å². The van der Waals surface area contributed by atoms with Crippen molar-refractivity contribution in [3.05, 3.63) is 28.8 Å². The summed E-state index contributed by atoms with van der Waals surface area (Å²) < 4.78 is 0. The number of carbonyl (C=O) groups is 1. The molecule has 1 N–H and O–H groups in total. The number of Topliss-reactive ketones (excluding diaryl/α,β-unsaturated/α-hetero) is 1. The lowest BCUT2D eigenvalue weighted by Gasteiger charge is -2.23. The van der Waals surface area contributed by atoms with E-state index in [0.29, 0.717) is 12.2 Å². The van der Waals surface area contributed by atoms with E-state index in [-0.39, 0.29) is 11.2 Å². The number of carbonyl (C=O) groups excluding carboxylic acids is 1. The Morgan fingerprint density at radius 2 is 1.85 bits per heavy atom. The summed E-state index contributed by atoms with van der Waals surface area (Å²) in [5.74, 6) is 0.656. The fraction of sp³-hybridized carbons (Fsp3) is 0.611. The minimum Gasteiger partial charge on any atom is -0.507 e. The van der Waals surface area contributed by atoms with Crippen molar-refractivity contribution in [1.29, 1.82) is 0 Å². The molecule has 112 valence electrons. The van der Waals surface area contributed by atoms with Gasteiger partial charge in [0.25, 0.3) is 0 Å². The smallest absolute Gasteiger partial charge is 0.130 e. The Bertz CT molecular complexity index is 467. The lowest BCUT2D eigenvalue weighted by molar-refractivity contribution is -0.116. The topological polar surface area (TPSA) is 37.3 Å². The van der Waals surface area contributed by atoms with Crippen LogP contribution < -0.4 is 0 Å². The van der Waals surface area contributed by atoms with Crippen LogP contribution in [-0.2, 0) is 23.1 Å². The second-order valence-corrected chi connectivity index (χ2v) is 6.71. The first kappa shape index (κ1) is 16.7. The number of benzene rings is 1. The maximum atomic E-state index is 11.2. The fourth-order valence-electron chi connectivity index (χ4n) is 2.35. The molecule has 0 aromatic heterocycles. The molecule has 0 saturated heterocycles. The second kappa shape index (κ2) is 6.92. The summed E-state index contributed by atoms with van der Waals surface area (Å²) in [6.45, 7) is 10.1. The maximum absolute atomic E-state index is 11.2. The Morgan fingerprint density at radius 1 is 1.20 bits per heavy atom. The molecule has 1 rings (SSSR count). The van der Waals surface area contributed by atoms with E-state index < -0.39 is 0 Å². The third-order valence-electron chi connectivity index (χ3n) is 3.62. The molecule has 0 fully saturated rings. The van der Waals surface area contributed by atoms with Crippen LogP contribution in [0.1, 0.15) is 70.6 Å². The highest BCUT2D eigenvalue weighted by Crippen LogP contribution is 2.35. The molecule has 0 saturated carbocycles. The quantitative estimate of drug-likeness (QED) is 0.827. The van der Waals surface area contributed by atoms with E-state index in [0.717, 1.165) is 42.4 Å². The highest BCUT2D eigenvalue weighted by molar-refractivity contribution is 5.75. The van der Waals surface area contributed by atoms with Gasteiger partial charge in [0, 0.05) is 6.42 Å². The molecule has 0 spiro atoms. The number of hydrogen-bond donors (Lipinski definition) is 1. The predicted molar refractivity (Wildman–Crippen MR) is 84.4 cm³/mol. The lowest BCUT2D eigenvalue weighted by atomic mass is 9.83. The molecular formula is C18H28O2. The molecule has 0 aliphatic carbocycles. The van der Waals surface area contributed by atoms with Gasteiger partial charge < -0.3 is 9.90 Å². The first-order valence-corrected chi connectivity index (χ1v) is 7.60. The van der Waals surface area contributed by atoms with E-state index in [4.69, 9.17) is 0 Å². The molecule has 1 aromatic carbocycles. The van der Waals surface area contributed by atoms with Crippen molar-refractivity contribution in [2.45, 2.75) is 72.1 Å². The Balaban J connectivity index is 3.15. The molecule has 0 atom stereocenters. The van der Waals surface area contributed by atoms with E-state index in [1.807, 2.05) is 0 Å². The lowest BCUT2D eigenvalue weighted by Crippen LogP contribution is -2.13. The summed E-state index contributed by atoms with van der Waals surface area (Å²) in [5.41, 5.74) is 3.09. The SMILES string of the molecule is CCCCc1cc(CCC(C)=O)cc(C(C)(C)C)c1O. The largest absolute Gasteiger partial charge is 0.507 e. The average Bonchev–Trinajstić information content (AvgIpc) is 2.34. The first-order valence-electron chi connectivity index (χ1n) is 7.60. The zero-order valence-corrected chi connectivity index (χ0v) is 13.5. The number of unbranched alkanes of at least 4 members (excludes halogenated alkanes) is 1. The summed E-state index contributed by atoms with van der Waals surface area (Å²) in [5, 5.41) is 10.5. The van der Waals surface area contributed by atoms with Gasteiger partial charge in [0.05, 0.1) is 0 Å². The summed E-state index contributed by atoms with van der Waals surface area (Å²) in [7, 11) is 0. The zero-order chi connectivity index (χ0) is 15.3. The molecule has 0 heterocycles. The monoisotopic (exact) mass is 276 g/mol. The molecule has 0 bridgehead atoms.